The average molecular weight is 257 g/mol. The zero-order chi connectivity index (χ0) is 14.4. The van der Waals surface area contributed by atoms with Gasteiger partial charge >= 0.3 is 0 Å². The Balaban J connectivity index is 2.89. The molecule has 0 aliphatic heterocycles. The Bertz CT molecular complexity index is 615. The molecule has 1 heterocycles. The number of phenolic OH excluding ortho intramolecular Hbond substituents is 1. The Labute approximate surface area is 115 Å². The van der Waals surface area contributed by atoms with E-state index >= 15 is 0 Å². The summed E-state index contributed by atoms with van der Waals surface area (Å²) in [5.41, 5.74) is 2.95. The molecular weight excluding hydrogens is 234 g/mol. The molecule has 19 heavy (non-hydrogen) atoms. The molecule has 0 bridgehead atoms. The predicted octanol–water partition coefficient (Wildman–Crippen LogP) is 4.54. The van der Waals surface area contributed by atoms with Gasteiger partial charge in [-0.05, 0) is 23.1 Å². The fourth-order valence-electron chi connectivity index (χ4n) is 2.24. The number of hydrogen-bond acceptors (Lipinski definition) is 2. The van der Waals surface area contributed by atoms with Gasteiger partial charge in [0.1, 0.15) is 11.3 Å². The van der Waals surface area contributed by atoms with Gasteiger partial charge in [0.15, 0.2) is 0 Å². The number of hydrogen-bond donors (Lipinski definition) is 1. The monoisotopic (exact) mass is 257 g/mol. The maximum atomic E-state index is 10.1. The van der Waals surface area contributed by atoms with Crippen molar-refractivity contribution >= 4 is 10.9 Å². The first kappa shape index (κ1) is 13.9. The highest BCUT2D eigenvalue weighted by molar-refractivity contribution is 5.88. The SMILES string of the molecule is CC(C)(C)c1cc(C(C)(C)C)c2cccc(O)c2n1. The number of rotatable bonds is 0. The topological polar surface area (TPSA) is 33.1 Å². The molecule has 102 valence electrons. The van der Waals surface area contributed by atoms with Crippen LogP contribution in [0.2, 0.25) is 0 Å². The molecule has 2 nitrogen and oxygen atoms in total. The van der Waals surface area contributed by atoms with Gasteiger partial charge < -0.3 is 5.11 Å². The van der Waals surface area contributed by atoms with Crippen molar-refractivity contribution in [1.29, 1.82) is 0 Å². The van der Waals surface area contributed by atoms with Crippen molar-refractivity contribution in [3.05, 3.63) is 35.5 Å². The van der Waals surface area contributed by atoms with Crippen LogP contribution < -0.4 is 0 Å². The van der Waals surface area contributed by atoms with Gasteiger partial charge in [0.25, 0.3) is 0 Å². The first-order valence-corrected chi connectivity index (χ1v) is 6.74. The minimum Gasteiger partial charge on any atom is -0.506 e. The van der Waals surface area contributed by atoms with E-state index in [1.54, 1.807) is 6.07 Å². The Morgan fingerprint density at radius 2 is 1.58 bits per heavy atom. The van der Waals surface area contributed by atoms with E-state index in [0.29, 0.717) is 5.52 Å². The summed E-state index contributed by atoms with van der Waals surface area (Å²) in [6, 6.07) is 7.80. The van der Waals surface area contributed by atoms with Gasteiger partial charge in [0.05, 0.1) is 0 Å². The third kappa shape index (κ3) is 2.58. The van der Waals surface area contributed by atoms with Gasteiger partial charge in [0, 0.05) is 16.5 Å². The molecule has 0 unspecified atom stereocenters. The lowest BCUT2D eigenvalue weighted by atomic mass is 9.81. The van der Waals surface area contributed by atoms with Crippen LogP contribution in [0.5, 0.6) is 5.75 Å². The highest BCUT2D eigenvalue weighted by Gasteiger charge is 2.23. The first-order valence-electron chi connectivity index (χ1n) is 6.74. The van der Waals surface area contributed by atoms with Gasteiger partial charge in [-0.2, -0.15) is 0 Å². The maximum absolute atomic E-state index is 10.1. The van der Waals surface area contributed by atoms with Crippen molar-refractivity contribution in [1.82, 2.24) is 4.98 Å². The molecule has 0 fully saturated rings. The number of pyridine rings is 1. The Kier molecular flexibility index (Phi) is 3.08. The molecule has 2 heteroatoms. The Morgan fingerprint density at radius 1 is 0.947 bits per heavy atom. The summed E-state index contributed by atoms with van der Waals surface area (Å²) >= 11 is 0. The summed E-state index contributed by atoms with van der Waals surface area (Å²) < 4.78 is 0. The van der Waals surface area contributed by atoms with E-state index in [1.165, 1.54) is 5.56 Å². The van der Waals surface area contributed by atoms with Gasteiger partial charge in [-0.25, -0.2) is 4.98 Å². The minimum atomic E-state index is -0.0313. The molecule has 0 aliphatic carbocycles. The van der Waals surface area contributed by atoms with Crippen LogP contribution in [-0.4, -0.2) is 10.1 Å². The number of aromatic nitrogens is 1. The molecule has 2 aromatic rings. The summed E-state index contributed by atoms with van der Waals surface area (Å²) in [7, 11) is 0. The normalized spacial score (nSPS) is 12.9. The fourth-order valence-corrected chi connectivity index (χ4v) is 2.24. The quantitative estimate of drug-likeness (QED) is 0.752. The number of fused-ring (bicyclic) bond motifs is 1. The summed E-state index contributed by atoms with van der Waals surface area (Å²) in [4.78, 5) is 4.67. The van der Waals surface area contributed by atoms with Gasteiger partial charge in [-0.3, -0.25) is 0 Å². The second-order valence-corrected chi connectivity index (χ2v) is 7.23. The summed E-state index contributed by atoms with van der Waals surface area (Å²) in [5.74, 6) is 0.258. The summed E-state index contributed by atoms with van der Waals surface area (Å²) in [6.45, 7) is 13.0. The van der Waals surface area contributed by atoms with E-state index in [9.17, 15) is 5.11 Å². The Morgan fingerprint density at radius 3 is 2.11 bits per heavy atom. The van der Waals surface area contributed by atoms with Crippen LogP contribution in [0.25, 0.3) is 10.9 Å². The summed E-state index contributed by atoms with van der Waals surface area (Å²) in [5, 5.41) is 11.1. The minimum absolute atomic E-state index is 0.0228. The van der Waals surface area contributed by atoms with Crippen LogP contribution >= 0.6 is 0 Å². The zero-order valence-corrected chi connectivity index (χ0v) is 12.7. The third-order valence-corrected chi connectivity index (χ3v) is 3.39. The fraction of sp³-hybridized carbons (Fsp3) is 0.471. The first-order chi connectivity index (χ1) is 8.60. The largest absolute Gasteiger partial charge is 0.506 e. The lowest BCUT2D eigenvalue weighted by molar-refractivity contribution is 0.479. The second kappa shape index (κ2) is 4.22. The van der Waals surface area contributed by atoms with E-state index in [0.717, 1.165) is 11.1 Å². The molecule has 0 atom stereocenters. The predicted molar refractivity (Wildman–Crippen MR) is 80.8 cm³/mol. The van der Waals surface area contributed by atoms with Crippen LogP contribution in [0, 0.1) is 0 Å². The highest BCUT2D eigenvalue weighted by atomic mass is 16.3. The van der Waals surface area contributed by atoms with Crippen molar-refractivity contribution in [2.75, 3.05) is 0 Å². The number of phenols is 1. The van der Waals surface area contributed by atoms with E-state index in [-0.39, 0.29) is 16.6 Å². The molecule has 0 radical (unpaired) electrons. The highest BCUT2D eigenvalue weighted by Crippen LogP contribution is 2.35. The molecule has 1 aromatic heterocycles. The second-order valence-electron chi connectivity index (χ2n) is 7.23. The van der Waals surface area contributed by atoms with Crippen molar-refractivity contribution in [2.24, 2.45) is 0 Å². The average Bonchev–Trinajstić information content (AvgIpc) is 2.25. The molecule has 0 aliphatic rings. The van der Waals surface area contributed by atoms with E-state index in [2.05, 4.69) is 52.6 Å². The van der Waals surface area contributed by atoms with Crippen molar-refractivity contribution < 1.29 is 5.11 Å². The van der Waals surface area contributed by atoms with Crippen LogP contribution in [-0.2, 0) is 10.8 Å². The Hall–Kier alpha value is -1.57. The molecule has 1 aromatic carbocycles. The van der Waals surface area contributed by atoms with E-state index < -0.39 is 0 Å². The molecule has 2 rings (SSSR count). The maximum Gasteiger partial charge on any atom is 0.141 e. The molecular formula is C17H23NO. The molecule has 0 amide bonds. The van der Waals surface area contributed by atoms with E-state index in [4.69, 9.17) is 0 Å². The van der Waals surface area contributed by atoms with Crippen molar-refractivity contribution in [3.8, 4) is 5.75 Å². The number of aromatic hydroxyl groups is 1. The van der Waals surface area contributed by atoms with Crippen LogP contribution in [0.1, 0.15) is 52.8 Å². The lowest BCUT2D eigenvalue weighted by Crippen LogP contribution is -2.18. The number of benzene rings is 1. The van der Waals surface area contributed by atoms with Gasteiger partial charge in [-0.1, -0.05) is 53.7 Å². The summed E-state index contributed by atoms with van der Waals surface area (Å²) in [6.07, 6.45) is 0. The number of para-hydroxylation sites is 1. The third-order valence-electron chi connectivity index (χ3n) is 3.39. The zero-order valence-electron chi connectivity index (χ0n) is 12.7. The molecule has 1 N–H and O–H groups in total. The van der Waals surface area contributed by atoms with Crippen LogP contribution in [0.3, 0.4) is 0 Å². The molecule has 0 saturated carbocycles. The standard InChI is InChI=1S/C17H23NO/c1-16(2,3)12-10-14(17(4,5)6)18-15-11(12)8-7-9-13(15)19/h7-10,19H,1-6H3. The van der Waals surface area contributed by atoms with E-state index in [1.807, 2.05) is 12.1 Å². The van der Waals surface area contributed by atoms with Crippen molar-refractivity contribution in [2.45, 2.75) is 52.4 Å². The number of nitrogens with zero attached hydrogens (tertiary/aromatic N) is 1. The smallest absolute Gasteiger partial charge is 0.141 e. The molecule has 0 saturated heterocycles. The van der Waals surface area contributed by atoms with Gasteiger partial charge in [0.2, 0.25) is 0 Å². The van der Waals surface area contributed by atoms with Crippen LogP contribution in [0.4, 0.5) is 0 Å². The molecule has 0 spiro atoms. The van der Waals surface area contributed by atoms with Crippen LogP contribution in [0.15, 0.2) is 24.3 Å². The lowest BCUT2D eigenvalue weighted by Gasteiger charge is -2.26. The van der Waals surface area contributed by atoms with Crippen molar-refractivity contribution in [3.63, 3.8) is 0 Å². The van der Waals surface area contributed by atoms with Gasteiger partial charge in [-0.15, -0.1) is 0 Å².